The van der Waals surface area contributed by atoms with Gasteiger partial charge in [-0.2, -0.15) is 0 Å². The molecule has 0 aromatic heterocycles. The van der Waals surface area contributed by atoms with E-state index in [0.717, 1.165) is 0 Å². The van der Waals surface area contributed by atoms with Crippen molar-refractivity contribution in [1.29, 1.82) is 0 Å². The molecule has 0 saturated carbocycles. The topological polar surface area (TPSA) is 69.2 Å². The van der Waals surface area contributed by atoms with Crippen LogP contribution in [0.1, 0.15) is 0 Å². The number of nitro groups is 1. The Balaban J connectivity index is 3.27. The highest BCUT2D eigenvalue weighted by Gasteiger charge is 2.11. The van der Waals surface area contributed by atoms with E-state index in [0.29, 0.717) is 9.26 Å². The number of nitro benzene ring substituents is 1. The molecule has 0 aliphatic heterocycles. The van der Waals surface area contributed by atoms with Crippen molar-refractivity contribution < 1.29 is 4.92 Å². The molecule has 58 valence electrons. The highest BCUT2D eigenvalue weighted by atomic mass is 127. The zero-order valence-corrected chi connectivity index (χ0v) is 7.61. The third kappa shape index (κ3) is 1.59. The lowest BCUT2D eigenvalue weighted by atomic mass is 10.3. The molecule has 1 aromatic rings. The van der Waals surface area contributed by atoms with E-state index in [2.05, 4.69) is 0 Å². The molecular formula is C6H5IN2O2. The molecule has 4 nitrogen and oxygen atoms in total. The van der Waals surface area contributed by atoms with Crippen molar-refractivity contribution in [1.82, 2.24) is 0 Å². The van der Waals surface area contributed by atoms with Crippen LogP contribution in [0.15, 0.2) is 18.2 Å². The monoisotopic (exact) mass is 264 g/mol. The van der Waals surface area contributed by atoms with Crippen molar-refractivity contribution >= 4 is 34.0 Å². The molecular weight excluding hydrogens is 259 g/mol. The molecule has 5 heteroatoms. The fourth-order valence-electron chi connectivity index (χ4n) is 0.678. The fraction of sp³-hybridized carbons (Fsp3) is 0. The second kappa shape index (κ2) is 3.04. The molecule has 0 saturated heterocycles. The molecule has 1 rings (SSSR count). The number of hydrogen-bond donors (Lipinski definition) is 1. The summed E-state index contributed by atoms with van der Waals surface area (Å²) in [6.45, 7) is 0. The lowest BCUT2D eigenvalue weighted by Crippen LogP contribution is -1.95. The van der Waals surface area contributed by atoms with Crippen molar-refractivity contribution in [2.45, 2.75) is 0 Å². The molecule has 0 heterocycles. The molecule has 1 aromatic carbocycles. The first-order chi connectivity index (χ1) is 5.13. The Hall–Kier alpha value is -0.850. The molecule has 2 N–H and O–H groups in total. The lowest BCUT2D eigenvalue weighted by molar-refractivity contribution is -0.385. The number of rotatable bonds is 1. The van der Waals surface area contributed by atoms with Gasteiger partial charge in [0.05, 0.1) is 10.6 Å². The normalized spacial score (nSPS) is 9.55. The summed E-state index contributed by atoms with van der Waals surface area (Å²) in [6, 6.07) is 4.63. The smallest absolute Gasteiger partial charge is 0.284 e. The second-order valence-corrected chi connectivity index (χ2v) is 3.02. The van der Waals surface area contributed by atoms with E-state index >= 15 is 0 Å². The van der Waals surface area contributed by atoms with Crippen LogP contribution >= 0.6 is 22.6 Å². The van der Waals surface area contributed by atoms with Crippen LogP contribution in [0.3, 0.4) is 0 Å². The first-order valence-electron chi connectivity index (χ1n) is 2.81. The average molecular weight is 264 g/mol. The van der Waals surface area contributed by atoms with Crippen molar-refractivity contribution in [2.75, 3.05) is 5.73 Å². The Labute approximate surface area is 76.7 Å². The zero-order valence-electron chi connectivity index (χ0n) is 5.45. The molecule has 0 aliphatic carbocycles. The number of anilines is 1. The van der Waals surface area contributed by atoms with Gasteiger partial charge in [-0.15, -0.1) is 0 Å². The van der Waals surface area contributed by atoms with Crippen LogP contribution in [0.5, 0.6) is 0 Å². The molecule has 0 atom stereocenters. The Morgan fingerprint density at radius 3 is 2.64 bits per heavy atom. The summed E-state index contributed by atoms with van der Waals surface area (Å²) in [6.07, 6.45) is 0. The molecule has 0 fully saturated rings. The molecule has 0 aliphatic rings. The lowest BCUT2D eigenvalue weighted by Gasteiger charge is -1.97. The average Bonchev–Trinajstić information content (AvgIpc) is 1.94. The van der Waals surface area contributed by atoms with Crippen LogP contribution in [0.25, 0.3) is 0 Å². The number of nitrogen functional groups attached to an aromatic ring is 1. The zero-order chi connectivity index (χ0) is 8.43. The van der Waals surface area contributed by atoms with E-state index in [1.807, 2.05) is 22.6 Å². The van der Waals surface area contributed by atoms with E-state index < -0.39 is 4.92 Å². The van der Waals surface area contributed by atoms with E-state index in [9.17, 15) is 10.1 Å². The van der Waals surface area contributed by atoms with Crippen LogP contribution in [0.4, 0.5) is 11.4 Å². The van der Waals surface area contributed by atoms with Gasteiger partial charge in [-0.25, -0.2) is 0 Å². The molecule has 11 heavy (non-hydrogen) atoms. The highest BCUT2D eigenvalue weighted by molar-refractivity contribution is 14.1. The summed E-state index contributed by atoms with van der Waals surface area (Å²) in [5.74, 6) is 0. The third-order valence-electron chi connectivity index (χ3n) is 1.20. The van der Waals surface area contributed by atoms with Gasteiger partial charge in [0.25, 0.3) is 5.69 Å². The van der Waals surface area contributed by atoms with Gasteiger partial charge in [-0.1, -0.05) is 6.07 Å². The molecule has 0 amide bonds. The minimum absolute atomic E-state index is 0.0607. The van der Waals surface area contributed by atoms with Crippen LogP contribution in [0, 0.1) is 13.7 Å². The van der Waals surface area contributed by atoms with Gasteiger partial charge in [0, 0.05) is 6.07 Å². The third-order valence-corrected chi connectivity index (χ3v) is 2.38. The first kappa shape index (κ1) is 8.25. The van der Waals surface area contributed by atoms with Crippen LogP contribution in [0.2, 0.25) is 0 Å². The Morgan fingerprint density at radius 2 is 2.18 bits per heavy atom. The number of nitrogens with two attached hydrogens (primary N) is 1. The summed E-state index contributed by atoms with van der Waals surface area (Å²) in [4.78, 5) is 9.87. The standard InChI is InChI=1S/C6H5IN2O2/c7-6-4(8)2-1-3-5(6)9(10)11/h1-3H,8H2. The Bertz CT molecular complexity index is 301. The number of benzene rings is 1. The fourth-order valence-corrected chi connectivity index (χ4v) is 1.23. The molecule has 0 bridgehead atoms. The number of halogens is 1. The maximum atomic E-state index is 10.3. The quantitative estimate of drug-likeness (QED) is 0.364. The van der Waals surface area contributed by atoms with E-state index in [4.69, 9.17) is 5.73 Å². The predicted molar refractivity (Wildman–Crippen MR) is 50.2 cm³/mol. The van der Waals surface area contributed by atoms with Gasteiger partial charge < -0.3 is 5.73 Å². The van der Waals surface area contributed by atoms with Gasteiger partial charge in [-0.05, 0) is 28.7 Å². The van der Waals surface area contributed by atoms with Crippen molar-refractivity contribution in [2.24, 2.45) is 0 Å². The number of nitrogens with zero attached hydrogens (tertiary/aromatic N) is 1. The van der Waals surface area contributed by atoms with Gasteiger partial charge in [0.1, 0.15) is 3.57 Å². The maximum Gasteiger partial charge on any atom is 0.284 e. The van der Waals surface area contributed by atoms with Crippen LogP contribution in [-0.4, -0.2) is 4.92 Å². The highest BCUT2D eigenvalue weighted by Crippen LogP contribution is 2.25. The number of hydrogen-bond acceptors (Lipinski definition) is 3. The minimum atomic E-state index is -0.446. The predicted octanol–water partition coefficient (Wildman–Crippen LogP) is 1.78. The van der Waals surface area contributed by atoms with Crippen LogP contribution < -0.4 is 5.73 Å². The van der Waals surface area contributed by atoms with Gasteiger partial charge in [-0.3, -0.25) is 10.1 Å². The minimum Gasteiger partial charge on any atom is -0.398 e. The summed E-state index contributed by atoms with van der Waals surface area (Å²) in [5, 5.41) is 10.3. The molecule has 0 spiro atoms. The summed E-state index contributed by atoms with van der Waals surface area (Å²) in [5.41, 5.74) is 5.95. The Kier molecular flexibility index (Phi) is 2.28. The van der Waals surface area contributed by atoms with Crippen LogP contribution in [-0.2, 0) is 0 Å². The van der Waals surface area contributed by atoms with E-state index in [1.54, 1.807) is 12.1 Å². The first-order valence-corrected chi connectivity index (χ1v) is 3.89. The molecule has 0 unspecified atom stereocenters. The summed E-state index contributed by atoms with van der Waals surface area (Å²) in [7, 11) is 0. The van der Waals surface area contributed by atoms with Crippen molar-refractivity contribution in [3.8, 4) is 0 Å². The van der Waals surface area contributed by atoms with E-state index in [-0.39, 0.29) is 5.69 Å². The van der Waals surface area contributed by atoms with Crippen molar-refractivity contribution in [3.63, 3.8) is 0 Å². The SMILES string of the molecule is Nc1cccc([N+](=O)[O-])c1I. The van der Waals surface area contributed by atoms with Crippen molar-refractivity contribution in [3.05, 3.63) is 31.9 Å². The maximum absolute atomic E-state index is 10.3. The molecule has 0 radical (unpaired) electrons. The summed E-state index contributed by atoms with van der Waals surface area (Å²) >= 11 is 1.85. The second-order valence-electron chi connectivity index (χ2n) is 1.94. The Morgan fingerprint density at radius 1 is 1.55 bits per heavy atom. The largest absolute Gasteiger partial charge is 0.398 e. The van der Waals surface area contributed by atoms with E-state index in [1.165, 1.54) is 6.07 Å². The van der Waals surface area contributed by atoms with Gasteiger partial charge in [0.2, 0.25) is 0 Å². The summed E-state index contributed by atoms with van der Waals surface area (Å²) < 4.78 is 0.495. The van der Waals surface area contributed by atoms with Gasteiger partial charge in [0.15, 0.2) is 0 Å². The van der Waals surface area contributed by atoms with Gasteiger partial charge >= 0.3 is 0 Å².